The van der Waals surface area contributed by atoms with Gasteiger partial charge >= 0.3 is 6.09 Å². The summed E-state index contributed by atoms with van der Waals surface area (Å²) >= 11 is 1.49. The summed E-state index contributed by atoms with van der Waals surface area (Å²) in [5.74, 6) is 1.67. The van der Waals surface area contributed by atoms with Gasteiger partial charge < -0.3 is 9.47 Å². The smallest absolute Gasteiger partial charge is 0.418 e. The maximum atomic E-state index is 12.1. The number of anilines is 1. The lowest BCUT2D eigenvalue weighted by Crippen LogP contribution is -2.18. The highest BCUT2D eigenvalue weighted by Crippen LogP contribution is 2.37. The molecule has 1 N–H and O–H groups in total. The first-order valence-corrected chi connectivity index (χ1v) is 7.87. The van der Waals surface area contributed by atoms with Crippen LogP contribution in [-0.4, -0.2) is 28.0 Å². The van der Waals surface area contributed by atoms with E-state index in [0.29, 0.717) is 22.8 Å². The lowest BCUT2D eigenvalue weighted by atomic mass is 10.3. The molecule has 3 aromatic rings. The van der Waals surface area contributed by atoms with Gasteiger partial charge in [0.1, 0.15) is 21.8 Å². The summed E-state index contributed by atoms with van der Waals surface area (Å²) in [5, 5.41) is 7.59. The van der Waals surface area contributed by atoms with E-state index in [9.17, 15) is 4.79 Å². The number of carbonyl (C=O) groups excluding carboxylic acids is 1. The summed E-state index contributed by atoms with van der Waals surface area (Å²) in [6, 6.07) is 5.14. The number of nitrogens with zero attached hydrogens (tertiary/aromatic N) is 3. The first kappa shape index (κ1) is 15.3. The van der Waals surface area contributed by atoms with Crippen LogP contribution in [0.4, 0.5) is 10.6 Å². The van der Waals surface area contributed by atoms with E-state index in [1.54, 1.807) is 43.2 Å². The van der Waals surface area contributed by atoms with Gasteiger partial charge in [0.15, 0.2) is 5.75 Å². The molecule has 0 atom stereocenters. The number of amides is 1. The lowest BCUT2D eigenvalue weighted by Gasteiger charge is -2.08. The zero-order valence-electron chi connectivity index (χ0n) is 13.0. The number of carbonyl (C=O) groups is 1. The molecular formula is C15H16N4O3S. The molecule has 0 radical (unpaired) electrons. The van der Waals surface area contributed by atoms with Gasteiger partial charge in [0.05, 0.1) is 18.3 Å². The number of nitrogens with one attached hydrogen (secondary N) is 1. The Kier molecular flexibility index (Phi) is 4.16. The molecule has 0 aliphatic carbocycles. The number of fused-ring (bicyclic) bond motifs is 1. The van der Waals surface area contributed by atoms with Gasteiger partial charge in [-0.1, -0.05) is 6.92 Å². The highest BCUT2D eigenvalue weighted by atomic mass is 32.1. The Morgan fingerprint density at radius 1 is 1.35 bits per heavy atom. The van der Waals surface area contributed by atoms with Crippen LogP contribution in [-0.2, 0) is 13.5 Å². The van der Waals surface area contributed by atoms with E-state index in [1.165, 1.54) is 11.3 Å². The lowest BCUT2D eigenvalue weighted by molar-refractivity contribution is 0.215. The van der Waals surface area contributed by atoms with E-state index >= 15 is 0 Å². The maximum absolute atomic E-state index is 12.1. The van der Waals surface area contributed by atoms with Crippen LogP contribution in [0.3, 0.4) is 0 Å². The van der Waals surface area contributed by atoms with Crippen molar-refractivity contribution >= 4 is 33.5 Å². The number of aryl methyl sites for hydroxylation is 2. The molecule has 3 rings (SSSR count). The second-order valence-corrected chi connectivity index (χ2v) is 5.84. The standard InChI is InChI=1S/C15H16N4O3S/c1-4-12-18-13-9(21-3)5-6-10(14(13)23-12)22-15(20)17-11-7-8-16-19(11)2/h5-8H,4H2,1-3H3,(H,17,20). The molecule has 0 fully saturated rings. The SMILES string of the molecule is CCc1nc2c(OC)ccc(OC(=O)Nc3ccnn3C)c2s1. The Balaban J connectivity index is 1.89. The number of thiazole rings is 1. The van der Waals surface area contributed by atoms with Gasteiger partial charge in [0.25, 0.3) is 0 Å². The molecule has 0 unspecified atom stereocenters. The fourth-order valence-corrected chi connectivity index (χ4v) is 3.10. The van der Waals surface area contributed by atoms with Crippen molar-refractivity contribution in [3.8, 4) is 11.5 Å². The van der Waals surface area contributed by atoms with Crippen LogP contribution in [0.2, 0.25) is 0 Å². The Labute approximate surface area is 136 Å². The van der Waals surface area contributed by atoms with Gasteiger partial charge in [-0.25, -0.2) is 9.78 Å². The number of hydrogen-bond donors (Lipinski definition) is 1. The van der Waals surface area contributed by atoms with Gasteiger partial charge in [-0.15, -0.1) is 11.3 Å². The van der Waals surface area contributed by atoms with Crippen molar-refractivity contribution in [1.29, 1.82) is 0 Å². The second kappa shape index (κ2) is 6.25. The molecule has 2 aromatic heterocycles. The Hall–Kier alpha value is -2.61. The fraction of sp³-hybridized carbons (Fsp3) is 0.267. The highest BCUT2D eigenvalue weighted by Gasteiger charge is 2.16. The second-order valence-electron chi connectivity index (χ2n) is 4.76. The first-order valence-electron chi connectivity index (χ1n) is 7.05. The zero-order chi connectivity index (χ0) is 16.4. The largest absolute Gasteiger partial charge is 0.494 e. The van der Waals surface area contributed by atoms with Crippen molar-refractivity contribution in [2.75, 3.05) is 12.4 Å². The van der Waals surface area contributed by atoms with Crippen LogP contribution in [0.5, 0.6) is 11.5 Å². The molecule has 0 saturated heterocycles. The van der Waals surface area contributed by atoms with Gasteiger partial charge in [0, 0.05) is 13.1 Å². The van der Waals surface area contributed by atoms with Gasteiger partial charge in [0.2, 0.25) is 0 Å². The van der Waals surface area contributed by atoms with E-state index in [1.807, 2.05) is 6.92 Å². The van der Waals surface area contributed by atoms with Crippen molar-refractivity contribution in [3.63, 3.8) is 0 Å². The number of ether oxygens (including phenoxy) is 2. The molecule has 2 heterocycles. The van der Waals surface area contributed by atoms with Crippen LogP contribution in [0, 0.1) is 0 Å². The summed E-state index contributed by atoms with van der Waals surface area (Å²) in [6.07, 6.45) is 1.83. The Morgan fingerprint density at radius 3 is 2.78 bits per heavy atom. The third kappa shape index (κ3) is 2.98. The summed E-state index contributed by atoms with van der Waals surface area (Å²) in [7, 11) is 3.33. The molecule has 1 amide bonds. The monoisotopic (exact) mass is 332 g/mol. The molecule has 1 aromatic carbocycles. The van der Waals surface area contributed by atoms with E-state index in [-0.39, 0.29) is 0 Å². The number of aromatic nitrogens is 3. The number of benzene rings is 1. The number of methoxy groups -OCH3 is 1. The van der Waals surface area contributed by atoms with E-state index in [0.717, 1.165) is 16.1 Å². The van der Waals surface area contributed by atoms with E-state index < -0.39 is 6.09 Å². The minimum absolute atomic E-state index is 0.456. The molecule has 0 spiro atoms. The average molecular weight is 332 g/mol. The molecule has 0 aliphatic heterocycles. The first-order chi connectivity index (χ1) is 11.1. The summed E-state index contributed by atoms with van der Waals surface area (Å²) in [4.78, 5) is 16.6. The van der Waals surface area contributed by atoms with Crippen molar-refractivity contribution in [2.45, 2.75) is 13.3 Å². The third-order valence-corrected chi connectivity index (χ3v) is 4.51. The van der Waals surface area contributed by atoms with Crippen LogP contribution < -0.4 is 14.8 Å². The van der Waals surface area contributed by atoms with E-state index in [4.69, 9.17) is 9.47 Å². The van der Waals surface area contributed by atoms with Gasteiger partial charge in [-0.05, 0) is 18.6 Å². The zero-order valence-corrected chi connectivity index (χ0v) is 13.8. The van der Waals surface area contributed by atoms with E-state index in [2.05, 4.69) is 15.4 Å². The van der Waals surface area contributed by atoms with Crippen LogP contribution >= 0.6 is 11.3 Å². The minimum atomic E-state index is -0.577. The average Bonchev–Trinajstić information content (AvgIpc) is 3.14. The molecule has 23 heavy (non-hydrogen) atoms. The molecule has 0 bridgehead atoms. The van der Waals surface area contributed by atoms with Crippen molar-refractivity contribution < 1.29 is 14.3 Å². The van der Waals surface area contributed by atoms with Gasteiger partial charge in [-0.2, -0.15) is 5.10 Å². The molecule has 120 valence electrons. The predicted molar refractivity (Wildman–Crippen MR) is 88.4 cm³/mol. The minimum Gasteiger partial charge on any atom is -0.494 e. The predicted octanol–water partition coefficient (Wildman–Crippen LogP) is 3.21. The number of hydrogen-bond acceptors (Lipinski definition) is 6. The Bertz CT molecular complexity index is 856. The molecular weight excluding hydrogens is 316 g/mol. The third-order valence-electron chi connectivity index (χ3n) is 3.29. The molecule has 0 saturated carbocycles. The van der Waals surface area contributed by atoms with Crippen LogP contribution in [0.1, 0.15) is 11.9 Å². The van der Waals surface area contributed by atoms with Gasteiger partial charge in [-0.3, -0.25) is 10.00 Å². The summed E-state index contributed by atoms with van der Waals surface area (Å²) in [5.41, 5.74) is 0.709. The quantitative estimate of drug-likeness (QED) is 0.794. The normalized spacial score (nSPS) is 10.7. The topological polar surface area (TPSA) is 78.3 Å². The van der Waals surface area contributed by atoms with Crippen molar-refractivity contribution in [1.82, 2.24) is 14.8 Å². The van der Waals surface area contributed by atoms with Crippen LogP contribution in [0.25, 0.3) is 10.2 Å². The number of rotatable bonds is 4. The van der Waals surface area contributed by atoms with Crippen LogP contribution in [0.15, 0.2) is 24.4 Å². The maximum Gasteiger partial charge on any atom is 0.418 e. The highest BCUT2D eigenvalue weighted by molar-refractivity contribution is 7.19. The molecule has 0 aliphatic rings. The molecule has 8 heteroatoms. The van der Waals surface area contributed by atoms with Crippen molar-refractivity contribution in [2.24, 2.45) is 7.05 Å². The molecule has 7 nitrogen and oxygen atoms in total. The Morgan fingerprint density at radius 2 is 2.13 bits per heavy atom. The summed E-state index contributed by atoms with van der Waals surface area (Å²) in [6.45, 7) is 2.03. The van der Waals surface area contributed by atoms with Crippen molar-refractivity contribution in [3.05, 3.63) is 29.4 Å². The fourth-order valence-electron chi connectivity index (χ4n) is 2.13. The summed E-state index contributed by atoms with van der Waals surface area (Å²) < 4.78 is 13.1.